The first-order chi connectivity index (χ1) is 13.8. The maximum Gasteiger partial charge on any atom is 0.197 e. The number of phenolic OH excluding ortho intramolecular Hbond substituents is 2. The number of phenols is 2. The quantitative estimate of drug-likeness (QED) is 0.592. The van der Waals surface area contributed by atoms with Gasteiger partial charge >= 0.3 is 0 Å². The van der Waals surface area contributed by atoms with Crippen molar-refractivity contribution in [1.82, 2.24) is 4.90 Å². The van der Waals surface area contributed by atoms with Gasteiger partial charge in [-0.25, -0.2) is 0 Å². The summed E-state index contributed by atoms with van der Waals surface area (Å²) in [5.41, 5.74) is 0.716. The van der Waals surface area contributed by atoms with Crippen molar-refractivity contribution in [3.8, 4) is 22.8 Å². The molecule has 0 saturated carbocycles. The van der Waals surface area contributed by atoms with Crippen LogP contribution >= 0.6 is 11.6 Å². The zero-order valence-electron chi connectivity index (χ0n) is 16.1. The number of hydrogen-bond acceptors (Lipinski definition) is 6. The molecule has 1 aromatic heterocycles. The van der Waals surface area contributed by atoms with E-state index in [4.69, 9.17) is 16.0 Å². The van der Waals surface area contributed by atoms with Crippen LogP contribution in [0.3, 0.4) is 0 Å². The van der Waals surface area contributed by atoms with Crippen LogP contribution in [-0.4, -0.2) is 46.5 Å². The average Bonchev–Trinajstić information content (AvgIpc) is 2.67. The number of aliphatic hydroxyl groups excluding tert-OH is 1. The predicted molar refractivity (Wildman–Crippen MR) is 112 cm³/mol. The van der Waals surface area contributed by atoms with Gasteiger partial charge in [0, 0.05) is 35.2 Å². The maximum absolute atomic E-state index is 12.9. The van der Waals surface area contributed by atoms with Gasteiger partial charge in [0.2, 0.25) is 0 Å². The number of halogens is 1. The summed E-state index contributed by atoms with van der Waals surface area (Å²) >= 11 is 6.27. The molecule has 29 heavy (non-hydrogen) atoms. The van der Waals surface area contributed by atoms with Crippen LogP contribution in [0.2, 0.25) is 5.02 Å². The summed E-state index contributed by atoms with van der Waals surface area (Å²) in [4.78, 5) is 14.9. The van der Waals surface area contributed by atoms with Crippen LogP contribution in [0.1, 0.15) is 23.5 Å². The number of rotatable bonds is 2. The fraction of sp³-hybridized carbons (Fsp3) is 0.318. The normalized spacial score (nSPS) is 20.3. The van der Waals surface area contributed by atoms with E-state index in [1.165, 1.54) is 13.0 Å². The highest BCUT2D eigenvalue weighted by Gasteiger charge is 2.34. The monoisotopic (exact) mass is 415 g/mol. The van der Waals surface area contributed by atoms with Gasteiger partial charge in [-0.2, -0.15) is 0 Å². The van der Waals surface area contributed by atoms with Gasteiger partial charge in [0.05, 0.1) is 11.1 Å². The summed E-state index contributed by atoms with van der Waals surface area (Å²) in [6.07, 6.45) is -0.175. The number of β-amino-alcohol motifs (C(OH)–C–C–N with tert-alkyl or cyclic N) is 1. The zero-order chi connectivity index (χ0) is 20.9. The highest BCUT2D eigenvalue weighted by atomic mass is 35.5. The highest BCUT2D eigenvalue weighted by Crippen LogP contribution is 2.45. The molecule has 2 unspecified atom stereocenters. The van der Waals surface area contributed by atoms with Gasteiger partial charge in [0.1, 0.15) is 28.2 Å². The molecule has 1 aliphatic rings. The average molecular weight is 416 g/mol. The molecule has 3 N–H and O–H groups in total. The third-order valence-corrected chi connectivity index (χ3v) is 6.02. The number of nitrogens with zero attached hydrogens (tertiary/aromatic N) is 1. The van der Waals surface area contributed by atoms with Gasteiger partial charge in [-0.3, -0.25) is 4.79 Å². The van der Waals surface area contributed by atoms with Crippen molar-refractivity contribution >= 4 is 22.6 Å². The maximum atomic E-state index is 12.9. The third-order valence-electron chi connectivity index (χ3n) is 5.69. The van der Waals surface area contributed by atoms with E-state index in [2.05, 4.69) is 0 Å². The summed E-state index contributed by atoms with van der Waals surface area (Å²) in [7, 11) is 1.91. The Morgan fingerprint density at radius 1 is 1.21 bits per heavy atom. The van der Waals surface area contributed by atoms with Gasteiger partial charge in [-0.1, -0.05) is 23.7 Å². The van der Waals surface area contributed by atoms with E-state index < -0.39 is 17.5 Å². The van der Waals surface area contributed by atoms with Crippen molar-refractivity contribution in [2.75, 3.05) is 20.1 Å². The lowest BCUT2D eigenvalue weighted by Crippen LogP contribution is -2.40. The molecule has 3 aromatic rings. The lowest BCUT2D eigenvalue weighted by Gasteiger charge is -2.34. The second kappa shape index (κ2) is 7.37. The summed E-state index contributed by atoms with van der Waals surface area (Å²) in [5.74, 6) is -0.678. The van der Waals surface area contributed by atoms with Gasteiger partial charge in [0.25, 0.3) is 0 Å². The van der Waals surface area contributed by atoms with Gasteiger partial charge < -0.3 is 24.6 Å². The molecular weight excluding hydrogens is 394 g/mol. The highest BCUT2D eigenvalue weighted by molar-refractivity contribution is 6.33. The molecule has 4 rings (SSSR count). The molecule has 1 aliphatic heterocycles. The Balaban J connectivity index is 2.04. The number of piperidine rings is 1. The van der Waals surface area contributed by atoms with Crippen LogP contribution in [0.5, 0.6) is 11.5 Å². The fourth-order valence-corrected chi connectivity index (χ4v) is 4.31. The first kappa shape index (κ1) is 19.8. The molecule has 2 aromatic carbocycles. The van der Waals surface area contributed by atoms with Crippen LogP contribution in [-0.2, 0) is 0 Å². The Kier molecular flexibility index (Phi) is 5.02. The smallest absolute Gasteiger partial charge is 0.197 e. The Morgan fingerprint density at radius 2 is 1.93 bits per heavy atom. The van der Waals surface area contributed by atoms with E-state index in [0.717, 1.165) is 6.54 Å². The number of benzene rings is 2. The van der Waals surface area contributed by atoms with Gasteiger partial charge in [0.15, 0.2) is 5.43 Å². The van der Waals surface area contributed by atoms with Crippen molar-refractivity contribution in [2.45, 2.75) is 25.4 Å². The molecule has 152 valence electrons. The Hall–Kier alpha value is -2.54. The molecular formula is C22H22ClNO5. The van der Waals surface area contributed by atoms with E-state index in [1.54, 1.807) is 24.3 Å². The number of likely N-dealkylation sites (tertiary alicyclic amines) is 1. The lowest BCUT2D eigenvalue weighted by atomic mass is 9.84. The van der Waals surface area contributed by atoms with Crippen LogP contribution in [0, 0.1) is 6.92 Å². The Bertz CT molecular complexity index is 1160. The minimum absolute atomic E-state index is 0.00256. The van der Waals surface area contributed by atoms with E-state index in [1.807, 2.05) is 11.9 Å². The van der Waals surface area contributed by atoms with Gasteiger partial charge in [-0.05, 0) is 39.1 Å². The molecule has 1 saturated heterocycles. The predicted octanol–water partition coefficient (Wildman–Crippen LogP) is 3.61. The molecule has 6 nitrogen and oxygen atoms in total. The standard InChI is InChI=1S/C22H22ClNO5/c1-11-20(27)18(13-7-8-24(2)10-16(13)26)22-19(21(11)28)15(25)9-17(29-22)12-5-3-4-6-14(12)23/h3-6,9,13,16,26-28H,7-8,10H2,1-2H3. The summed E-state index contributed by atoms with van der Waals surface area (Å²) < 4.78 is 6.06. The zero-order valence-corrected chi connectivity index (χ0v) is 16.9. The largest absolute Gasteiger partial charge is 0.507 e. The Morgan fingerprint density at radius 3 is 2.62 bits per heavy atom. The number of aliphatic hydroxyl groups is 1. The van der Waals surface area contributed by atoms with Gasteiger partial charge in [-0.15, -0.1) is 0 Å². The second-order valence-electron chi connectivity index (χ2n) is 7.62. The molecule has 2 atom stereocenters. The number of likely N-dealkylation sites (N-methyl/N-ethyl adjacent to an activating group) is 1. The first-order valence-electron chi connectivity index (χ1n) is 9.43. The number of aromatic hydroxyl groups is 2. The van der Waals surface area contributed by atoms with Crippen LogP contribution < -0.4 is 5.43 Å². The molecule has 0 amide bonds. The van der Waals surface area contributed by atoms with Crippen LogP contribution in [0.15, 0.2) is 39.5 Å². The van der Waals surface area contributed by atoms with E-state index in [-0.39, 0.29) is 33.8 Å². The van der Waals surface area contributed by atoms with Crippen molar-refractivity contribution in [1.29, 1.82) is 0 Å². The number of hydrogen-bond donors (Lipinski definition) is 3. The molecule has 0 spiro atoms. The minimum atomic E-state index is -0.749. The lowest BCUT2D eigenvalue weighted by molar-refractivity contribution is 0.0630. The van der Waals surface area contributed by atoms with Crippen molar-refractivity contribution in [3.63, 3.8) is 0 Å². The van der Waals surface area contributed by atoms with Crippen molar-refractivity contribution in [2.24, 2.45) is 0 Å². The SMILES string of the molecule is Cc1c(O)c(C2CCN(C)CC2O)c2oc(-c3ccccc3Cl)cc(=O)c2c1O. The third kappa shape index (κ3) is 3.27. The van der Waals surface area contributed by atoms with Crippen molar-refractivity contribution < 1.29 is 19.7 Å². The van der Waals surface area contributed by atoms with E-state index in [0.29, 0.717) is 29.1 Å². The molecule has 2 heterocycles. The molecule has 0 radical (unpaired) electrons. The summed E-state index contributed by atoms with van der Waals surface area (Å²) in [6, 6.07) is 8.25. The summed E-state index contributed by atoms with van der Waals surface area (Å²) in [5, 5.41) is 32.5. The van der Waals surface area contributed by atoms with E-state index >= 15 is 0 Å². The van der Waals surface area contributed by atoms with Crippen molar-refractivity contribution in [3.05, 3.63) is 56.7 Å². The Labute approximate surface area is 172 Å². The first-order valence-corrected chi connectivity index (χ1v) is 9.81. The molecule has 7 heteroatoms. The molecule has 1 fully saturated rings. The molecule has 0 aliphatic carbocycles. The summed E-state index contributed by atoms with van der Waals surface area (Å²) in [6.45, 7) is 2.69. The topological polar surface area (TPSA) is 94.1 Å². The van der Waals surface area contributed by atoms with Crippen LogP contribution in [0.4, 0.5) is 0 Å². The fourth-order valence-electron chi connectivity index (χ4n) is 4.08. The van der Waals surface area contributed by atoms with Crippen LogP contribution in [0.25, 0.3) is 22.3 Å². The minimum Gasteiger partial charge on any atom is -0.507 e. The number of fused-ring (bicyclic) bond motifs is 1. The molecule has 0 bridgehead atoms. The van der Waals surface area contributed by atoms with E-state index in [9.17, 15) is 20.1 Å². The second-order valence-corrected chi connectivity index (χ2v) is 8.03.